The minimum absolute atomic E-state index is 0.0201. The van der Waals surface area contributed by atoms with Crippen LogP contribution in [-0.4, -0.2) is 26.4 Å². The van der Waals surface area contributed by atoms with Crippen LogP contribution in [-0.2, 0) is 4.74 Å². The Hall–Kier alpha value is -3.12. The molecule has 0 radical (unpaired) electrons. The van der Waals surface area contributed by atoms with E-state index < -0.39 is 17.8 Å². The molecule has 1 aliphatic heterocycles. The number of carbonyl (C=O) groups is 1. The lowest BCUT2D eigenvalue weighted by molar-refractivity contribution is 0.0635. The zero-order valence-electron chi connectivity index (χ0n) is 16.8. The number of nitrogens with one attached hydrogen (secondary N) is 1. The summed E-state index contributed by atoms with van der Waals surface area (Å²) < 4.78 is 7.44. The first-order valence-corrected chi connectivity index (χ1v) is 9.71. The molecule has 6 nitrogen and oxygen atoms in total. The number of ether oxygens (including phenoxy) is 1. The summed E-state index contributed by atoms with van der Waals surface area (Å²) in [5, 5.41) is 13.8. The number of para-hydroxylation sites is 1. The van der Waals surface area contributed by atoms with Gasteiger partial charge in [0.1, 0.15) is 5.60 Å². The van der Waals surface area contributed by atoms with Gasteiger partial charge < -0.3 is 14.4 Å². The van der Waals surface area contributed by atoms with Crippen LogP contribution >= 0.6 is 0 Å². The molecule has 2 N–H and O–H groups in total. The molecule has 0 saturated heterocycles. The van der Waals surface area contributed by atoms with E-state index in [1.165, 1.54) is 5.56 Å². The van der Waals surface area contributed by atoms with Gasteiger partial charge in [0, 0.05) is 23.2 Å². The molecule has 3 aromatic rings. The molecule has 1 aromatic heterocycles. The number of fused-ring (bicyclic) bond motifs is 3. The third-order valence-electron chi connectivity index (χ3n) is 5.00. The zero-order chi connectivity index (χ0) is 20.6. The molecule has 0 spiro atoms. The van der Waals surface area contributed by atoms with Gasteiger partial charge in [-0.25, -0.2) is 9.78 Å². The largest absolute Gasteiger partial charge is 0.444 e. The standard InChI is InChI=1S/C23H25N3O3/c1-23(2,3)29-22(28)25-18-11-7-6-10-17(18)21(27)12-19-15-8-4-5-9-16(15)20-13-24-14-26(19)20/h4-11,13-14,19,21,27H,12H2,1-3H3,(H,25,28). The van der Waals surface area contributed by atoms with Crippen molar-refractivity contribution in [2.24, 2.45) is 0 Å². The summed E-state index contributed by atoms with van der Waals surface area (Å²) in [6.07, 6.45) is 2.81. The molecule has 2 aromatic carbocycles. The van der Waals surface area contributed by atoms with Crippen LogP contribution in [0.2, 0.25) is 0 Å². The molecule has 0 saturated carbocycles. The van der Waals surface area contributed by atoms with E-state index in [4.69, 9.17) is 4.74 Å². The van der Waals surface area contributed by atoms with Crippen LogP contribution in [0.15, 0.2) is 61.1 Å². The number of aliphatic hydroxyl groups is 1. The van der Waals surface area contributed by atoms with Crippen molar-refractivity contribution in [1.29, 1.82) is 0 Å². The lowest BCUT2D eigenvalue weighted by Crippen LogP contribution is -2.27. The maximum atomic E-state index is 12.2. The summed E-state index contributed by atoms with van der Waals surface area (Å²) in [6, 6.07) is 15.4. The Labute approximate surface area is 170 Å². The van der Waals surface area contributed by atoms with Gasteiger partial charge in [-0.2, -0.15) is 0 Å². The van der Waals surface area contributed by atoms with Gasteiger partial charge in [0.05, 0.1) is 30.4 Å². The fourth-order valence-electron chi connectivity index (χ4n) is 3.83. The van der Waals surface area contributed by atoms with Crippen molar-refractivity contribution < 1.29 is 14.6 Å². The second-order valence-electron chi connectivity index (χ2n) is 8.25. The Kier molecular flexibility index (Phi) is 4.88. The number of hydrogen-bond donors (Lipinski definition) is 2. The number of nitrogens with zero attached hydrogens (tertiary/aromatic N) is 2. The predicted molar refractivity (Wildman–Crippen MR) is 112 cm³/mol. The van der Waals surface area contributed by atoms with Crippen molar-refractivity contribution in [1.82, 2.24) is 9.55 Å². The Morgan fingerprint density at radius 1 is 1.21 bits per heavy atom. The summed E-state index contributed by atoms with van der Waals surface area (Å²) in [6.45, 7) is 5.44. The highest BCUT2D eigenvalue weighted by Gasteiger charge is 2.30. The Balaban J connectivity index is 1.57. The first-order valence-electron chi connectivity index (χ1n) is 9.71. The molecule has 0 aliphatic carbocycles. The SMILES string of the molecule is CC(C)(C)OC(=O)Nc1ccccc1C(O)CC1c2ccccc2-c2cncn21. The van der Waals surface area contributed by atoms with E-state index in [2.05, 4.69) is 27.0 Å². The number of anilines is 1. The van der Waals surface area contributed by atoms with Gasteiger partial charge in [0.25, 0.3) is 0 Å². The van der Waals surface area contributed by atoms with Gasteiger partial charge in [0.15, 0.2) is 0 Å². The molecule has 0 bridgehead atoms. The zero-order valence-corrected chi connectivity index (χ0v) is 16.8. The predicted octanol–water partition coefficient (Wildman–Crippen LogP) is 4.92. The minimum Gasteiger partial charge on any atom is -0.444 e. The Bertz CT molecular complexity index is 1040. The second kappa shape index (κ2) is 7.37. The molecule has 1 amide bonds. The average Bonchev–Trinajstić information content (AvgIpc) is 3.23. The quantitative estimate of drug-likeness (QED) is 0.662. The van der Waals surface area contributed by atoms with Crippen LogP contribution in [0.25, 0.3) is 11.3 Å². The molecule has 0 fully saturated rings. The number of aliphatic hydroxyl groups excluding tert-OH is 1. The molecular formula is C23H25N3O3. The van der Waals surface area contributed by atoms with Crippen molar-refractivity contribution in [3.8, 4) is 11.3 Å². The van der Waals surface area contributed by atoms with Crippen LogP contribution < -0.4 is 5.32 Å². The maximum Gasteiger partial charge on any atom is 0.412 e. The van der Waals surface area contributed by atoms with E-state index in [9.17, 15) is 9.90 Å². The smallest absolute Gasteiger partial charge is 0.412 e. The minimum atomic E-state index is -0.771. The van der Waals surface area contributed by atoms with Gasteiger partial charge in [-0.05, 0) is 32.4 Å². The first-order chi connectivity index (χ1) is 13.8. The molecule has 29 heavy (non-hydrogen) atoms. The number of hydrogen-bond acceptors (Lipinski definition) is 4. The molecule has 6 heteroatoms. The summed E-state index contributed by atoms with van der Waals surface area (Å²) in [4.78, 5) is 16.5. The maximum absolute atomic E-state index is 12.2. The number of benzene rings is 2. The summed E-state index contributed by atoms with van der Waals surface area (Å²) in [5.74, 6) is 0. The van der Waals surface area contributed by atoms with Crippen molar-refractivity contribution in [3.63, 3.8) is 0 Å². The number of aromatic nitrogens is 2. The van der Waals surface area contributed by atoms with Crippen molar-refractivity contribution in [2.75, 3.05) is 5.32 Å². The van der Waals surface area contributed by atoms with Gasteiger partial charge in [-0.3, -0.25) is 5.32 Å². The topological polar surface area (TPSA) is 76.4 Å². The third-order valence-corrected chi connectivity index (χ3v) is 5.00. The molecule has 2 atom stereocenters. The van der Waals surface area contributed by atoms with Crippen molar-refractivity contribution in [2.45, 2.75) is 44.9 Å². The lowest BCUT2D eigenvalue weighted by Gasteiger charge is -2.23. The summed E-state index contributed by atoms with van der Waals surface area (Å²) in [5.41, 5.74) is 3.97. The summed E-state index contributed by atoms with van der Waals surface area (Å²) >= 11 is 0. The molecule has 2 unspecified atom stereocenters. The third kappa shape index (κ3) is 3.89. The highest BCUT2D eigenvalue weighted by molar-refractivity contribution is 5.86. The fourth-order valence-corrected chi connectivity index (χ4v) is 3.83. The average molecular weight is 391 g/mol. The van der Waals surface area contributed by atoms with Crippen LogP contribution in [0.1, 0.15) is 50.5 Å². The fraction of sp³-hybridized carbons (Fsp3) is 0.304. The van der Waals surface area contributed by atoms with E-state index in [1.54, 1.807) is 12.4 Å². The van der Waals surface area contributed by atoms with E-state index in [-0.39, 0.29) is 6.04 Å². The van der Waals surface area contributed by atoms with Crippen LogP contribution in [0, 0.1) is 0 Å². The normalized spacial score (nSPS) is 16.1. The van der Waals surface area contributed by atoms with Crippen LogP contribution in [0.5, 0.6) is 0 Å². The second-order valence-corrected chi connectivity index (χ2v) is 8.25. The number of carbonyl (C=O) groups excluding carboxylic acids is 1. The molecule has 150 valence electrons. The molecular weight excluding hydrogens is 366 g/mol. The van der Waals surface area contributed by atoms with E-state index in [0.29, 0.717) is 17.7 Å². The van der Waals surface area contributed by atoms with Crippen molar-refractivity contribution in [3.05, 3.63) is 72.2 Å². The van der Waals surface area contributed by atoms with E-state index in [1.807, 2.05) is 57.3 Å². The van der Waals surface area contributed by atoms with Gasteiger partial charge >= 0.3 is 6.09 Å². The van der Waals surface area contributed by atoms with Crippen LogP contribution in [0.3, 0.4) is 0 Å². The Morgan fingerprint density at radius 3 is 2.72 bits per heavy atom. The van der Waals surface area contributed by atoms with E-state index in [0.717, 1.165) is 11.3 Å². The molecule has 1 aliphatic rings. The highest BCUT2D eigenvalue weighted by Crippen LogP contribution is 2.43. The number of amides is 1. The monoisotopic (exact) mass is 391 g/mol. The van der Waals surface area contributed by atoms with Crippen LogP contribution in [0.4, 0.5) is 10.5 Å². The first kappa shape index (κ1) is 19.2. The molecule has 2 heterocycles. The number of imidazole rings is 1. The van der Waals surface area contributed by atoms with Gasteiger partial charge in [0.2, 0.25) is 0 Å². The van der Waals surface area contributed by atoms with E-state index >= 15 is 0 Å². The highest BCUT2D eigenvalue weighted by atomic mass is 16.6. The summed E-state index contributed by atoms with van der Waals surface area (Å²) in [7, 11) is 0. The molecule has 4 rings (SSSR count). The Morgan fingerprint density at radius 2 is 1.93 bits per heavy atom. The van der Waals surface area contributed by atoms with Gasteiger partial charge in [-0.15, -0.1) is 0 Å². The number of rotatable bonds is 4. The van der Waals surface area contributed by atoms with Crippen molar-refractivity contribution >= 4 is 11.8 Å². The lowest BCUT2D eigenvalue weighted by atomic mass is 9.95. The van der Waals surface area contributed by atoms with Gasteiger partial charge in [-0.1, -0.05) is 42.5 Å².